The Hall–Kier alpha value is -2.38. The summed E-state index contributed by atoms with van der Waals surface area (Å²) in [5, 5.41) is 3.37. The molecular formula is C20H21ClN2O4S. The van der Waals surface area contributed by atoms with Crippen LogP contribution in [0.1, 0.15) is 23.2 Å². The Morgan fingerprint density at radius 3 is 2.32 bits per heavy atom. The lowest BCUT2D eigenvalue weighted by Crippen LogP contribution is -2.43. The van der Waals surface area contributed by atoms with Crippen LogP contribution < -0.4 is 5.32 Å². The summed E-state index contributed by atoms with van der Waals surface area (Å²) < 4.78 is 23.0. The smallest absolute Gasteiger partial charge is 0.253 e. The third-order valence-electron chi connectivity index (χ3n) is 4.72. The molecule has 2 aromatic rings. The summed E-state index contributed by atoms with van der Waals surface area (Å²) in [5.41, 5.74) is 1.07. The SMILES string of the molecule is CS(=O)(=O)c1ccc(NC(=O)[C@H]2CCCN(C(=O)c3ccc(Cl)cc3)C2)cc1. The van der Waals surface area contributed by atoms with Gasteiger partial charge in [0.25, 0.3) is 5.91 Å². The standard InChI is InChI=1S/C20H21ClN2O4S/c1-28(26,27)18-10-8-17(9-11-18)22-19(24)15-3-2-12-23(13-15)20(25)14-4-6-16(21)7-5-14/h4-11,15H,2-3,12-13H2,1H3,(H,22,24)/t15-/m0/s1. The summed E-state index contributed by atoms with van der Waals surface area (Å²) >= 11 is 5.87. The lowest BCUT2D eigenvalue weighted by Gasteiger charge is -2.32. The first kappa shape index (κ1) is 20.4. The highest BCUT2D eigenvalue weighted by atomic mass is 35.5. The summed E-state index contributed by atoms with van der Waals surface area (Å²) in [6.07, 6.45) is 2.57. The summed E-state index contributed by atoms with van der Waals surface area (Å²) in [6, 6.07) is 12.7. The van der Waals surface area contributed by atoms with Crippen LogP contribution in [-0.4, -0.2) is 44.5 Å². The molecule has 1 N–H and O–H groups in total. The van der Waals surface area contributed by atoms with Crippen molar-refractivity contribution in [2.75, 3.05) is 24.7 Å². The molecule has 0 bridgehead atoms. The van der Waals surface area contributed by atoms with E-state index in [1.165, 1.54) is 12.1 Å². The van der Waals surface area contributed by atoms with Crippen molar-refractivity contribution in [1.82, 2.24) is 4.90 Å². The lowest BCUT2D eigenvalue weighted by molar-refractivity contribution is -0.121. The number of sulfone groups is 1. The molecule has 0 radical (unpaired) electrons. The molecule has 3 rings (SSSR count). The fraction of sp³-hybridized carbons (Fsp3) is 0.300. The Morgan fingerprint density at radius 2 is 1.71 bits per heavy atom. The minimum atomic E-state index is -3.28. The monoisotopic (exact) mass is 420 g/mol. The first-order chi connectivity index (χ1) is 13.2. The summed E-state index contributed by atoms with van der Waals surface area (Å²) in [5.74, 6) is -0.619. The van der Waals surface area contributed by atoms with E-state index in [4.69, 9.17) is 11.6 Å². The minimum absolute atomic E-state index is 0.119. The van der Waals surface area contributed by atoms with Gasteiger partial charge in [0.2, 0.25) is 5.91 Å². The molecule has 6 nitrogen and oxygen atoms in total. The number of rotatable bonds is 4. The van der Waals surface area contributed by atoms with Crippen molar-refractivity contribution < 1.29 is 18.0 Å². The van der Waals surface area contributed by atoms with E-state index >= 15 is 0 Å². The predicted molar refractivity (Wildman–Crippen MR) is 108 cm³/mol. The van der Waals surface area contributed by atoms with E-state index < -0.39 is 9.84 Å². The van der Waals surface area contributed by atoms with Crippen LogP contribution in [-0.2, 0) is 14.6 Å². The lowest BCUT2D eigenvalue weighted by atomic mass is 9.96. The highest BCUT2D eigenvalue weighted by molar-refractivity contribution is 7.90. The van der Waals surface area contributed by atoms with Crippen LogP contribution in [0.5, 0.6) is 0 Å². The number of hydrogen-bond acceptors (Lipinski definition) is 4. The molecule has 2 aromatic carbocycles. The molecule has 0 saturated carbocycles. The van der Waals surface area contributed by atoms with Gasteiger partial charge in [-0.25, -0.2) is 8.42 Å². The van der Waals surface area contributed by atoms with Crippen molar-refractivity contribution in [1.29, 1.82) is 0 Å². The molecule has 1 heterocycles. The average molecular weight is 421 g/mol. The van der Waals surface area contributed by atoms with Gasteiger partial charge in [0.15, 0.2) is 9.84 Å². The molecule has 0 aliphatic carbocycles. The van der Waals surface area contributed by atoms with Crippen LogP contribution in [0, 0.1) is 5.92 Å². The number of likely N-dealkylation sites (tertiary alicyclic amines) is 1. The molecule has 1 aliphatic heterocycles. The summed E-state index contributed by atoms with van der Waals surface area (Å²) in [7, 11) is -3.28. The maximum absolute atomic E-state index is 12.7. The number of hydrogen-bond donors (Lipinski definition) is 1. The number of nitrogens with one attached hydrogen (secondary N) is 1. The maximum atomic E-state index is 12.7. The normalized spacial score (nSPS) is 17.2. The molecule has 0 spiro atoms. The van der Waals surface area contributed by atoms with E-state index in [0.29, 0.717) is 35.8 Å². The van der Waals surface area contributed by atoms with Gasteiger partial charge in [0.1, 0.15) is 0 Å². The molecule has 1 saturated heterocycles. The third-order valence-corrected chi connectivity index (χ3v) is 6.10. The molecule has 0 aromatic heterocycles. The highest BCUT2D eigenvalue weighted by Gasteiger charge is 2.29. The van der Waals surface area contributed by atoms with Gasteiger partial charge >= 0.3 is 0 Å². The van der Waals surface area contributed by atoms with Crippen molar-refractivity contribution >= 4 is 38.9 Å². The third kappa shape index (κ3) is 4.91. The average Bonchev–Trinajstić information content (AvgIpc) is 2.68. The molecule has 8 heteroatoms. The molecule has 1 aliphatic rings. The maximum Gasteiger partial charge on any atom is 0.253 e. The minimum Gasteiger partial charge on any atom is -0.338 e. The Kier molecular flexibility index (Phi) is 6.05. The van der Waals surface area contributed by atoms with Crippen molar-refractivity contribution in [3.63, 3.8) is 0 Å². The molecule has 2 amide bonds. The Labute approximate surface area is 169 Å². The van der Waals surface area contributed by atoms with Gasteiger partial charge in [0.05, 0.1) is 10.8 Å². The largest absolute Gasteiger partial charge is 0.338 e. The molecule has 28 heavy (non-hydrogen) atoms. The van der Waals surface area contributed by atoms with E-state index in [9.17, 15) is 18.0 Å². The fourth-order valence-electron chi connectivity index (χ4n) is 3.18. The molecule has 1 atom stereocenters. The van der Waals surface area contributed by atoms with Crippen LogP contribution in [0.4, 0.5) is 5.69 Å². The Balaban J connectivity index is 1.64. The first-order valence-electron chi connectivity index (χ1n) is 8.90. The second-order valence-electron chi connectivity index (χ2n) is 6.88. The van der Waals surface area contributed by atoms with Crippen molar-refractivity contribution in [2.24, 2.45) is 5.92 Å². The first-order valence-corrected chi connectivity index (χ1v) is 11.2. The van der Waals surface area contributed by atoms with Crippen LogP contribution in [0.3, 0.4) is 0 Å². The molecule has 0 unspecified atom stereocenters. The number of halogens is 1. The Bertz CT molecular complexity index is 972. The van der Waals surface area contributed by atoms with Gasteiger partial charge < -0.3 is 10.2 Å². The van der Waals surface area contributed by atoms with Crippen LogP contribution >= 0.6 is 11.6 Å². The zero-order valence-electron chi connectivity index (χ0n) is 15.4. The second-order valence-corrected chi connectivity index (χ2v) is 9.34. The molecular weight excluding hydrogens is 400 g/mol. The van der Waals surface area contributed by atoms with Gasteiger partial charge in [-0.15, -0.1) is 0 Å². The number of nitrogens with zero attached hydrogens (tertiary/aromatic N) is 1. The highest BCUT2D eigenvalue weighted by Crippen LogP contribution is 2.22. The van der Waals surface area contributed by atoms with Crippen molar-refractivity contribution in [3.8, 4) is 0 Å². The van der Waals surface area contributed by atoms with Crippen LogP contribution in [0.15, 0.2) is 53.4 Å². The quantitative estimate of drug-likeness (QED) is 0.823. The predicted octanol–water partition coefficient (Wildman–Crippen LogP) is 3.23. The van der Waals surface area contributed by atoms with E-state index in [1.54, 1.807) is 41.3 Å². The topological polar surface area (TPSA) is 83.6 Å². The number of amides is 2. The van der Waals surface area contributed by atoms with Crippen molar-refractivity contribution in [2.45, 2.75) is 17.7 Å². The Morgan fingerprint density at radius 1 is 1.07 bits per heavy atom. The number of anilines is 1. The number of carbonyl (C=O) groups excluding carboxylic acids is 2. The van der Waals surface area contributed by atoms with E-state index in [0.717, 1.165) is 12.7 Å². The summed E-state index contributed by atoms with van der Waals surface area (Å²) in [6.45, 7) is 0.947. The molecule has 1 fully saturated rings. The number of benzene rings is 2. The van der Waals surface area contributed by atoms with Crippen molar-refractivity contribution in [3.05, 3.63) is 59.1 Å². The van der Waals surface area contributed by atoms with E-state index in [1.807, 2.05) is 0 Å². The van der Waals surface area contributed by atoms with E-state index in [2.05, 4.69) is 5.32 Å². The second kappa shape index (κ2) is 8.32. The van der Waals surface area contributed by atoms with Gasteiger partial charge in [-0.2, -0.15) is 0 Å². The summed E-state index contributed by atoms with van der Waals surface area (Å²) in [4.78, 5) is 27.2. The number of carbonyl (C=O) groups is 2. The van der Waals surface area contributed by atoms with Gasteiger partial charge in [-0.05, 0) is 61.4 Å². The van der Waals surface area contributed by atoms with Crippen LogP contribution in [0.2, 0.25) is 5.02 Å². The zero-order chi connectivity index (χ0) is 20.3. The number of piperidine rings is 1. The van der Waals surface area contributed by atoms with E-state index in [-0.39, 0.29) is 22.6 Å². The zero-order valence-corrected chi connectivity index (χ0v) is 17.0. The fourth-order valence-corrected chi connectivity index (χ4v) is 3.94. The van der Waals surface area contributed by atoms with Crippen LogP contribution in [0.25, 0.3) is 0 Å². The van der Waals surface area contributed by atoms with Gasteiger partial charge in [-0.3, -0.25) is 9.59 Å². The van der Waals surface area contributed by atoms with Gasteiger partial charge in [0, 0.05) is 35.6 Å². The molecule has 148 valence electrons. The van der Waals surface area contributed by atoms with Gasteiger partial charge in [-0.1, -0.05) is 11.6 Å².